The molecule has 0 aliphatic heterocycles. The van der Waals surface area contributed by atoms with Crippen LogP contribution in [0, 0.1) is 0 Å². The average molecular weight is 342 g/mol. The first-order valence-electron chi connectivity index (χ1n) is 8.04. The number of anilines is 1. The summed E-state index contributed by atoms with van der Waals surface area (Å²) in [5.74, 6) is 1.04. The van der Waals surface area contributed by atoms with E-state index in [4.69, 9.17) is 14.3 Å². The van der Waals surface area contributed by atoms with E-state index in [0.29, 0.717) is 23.8 Å². The summed E-state index contributed by atoms with van der Waals surface area (Å²) in [6.45, 7) is 2.50. The van der Waals surface area contributed by atoms with Crippen LogP contribution in [0.3, 0.4) is 0 Å². The Bertz CT molecular complexity index is 702. The van der Waals surface area contributed by atoms with Crippen molar-refractivity contribution in [2.45, 2.75) is 13.3 Å². The molecule has 0 aliphatic carbocycles. The molecule has 0 bridgehead atoms. The van der Waals surface area contributed by atoms with Crippen molar-refractivity contribution in [3.63, 3.8) is 0 Å². The molecule has 0 radical (unpaired) electrons. The van der Waals surface area contributed by atoms with E-state index in [1.807, 2.05) is 37.3 Å². The fourth-order valence-electron chi connectivity index (χ4n) is 2.01. The molecule has 0 fully saturated rings. The third kappa shape index (κ3) is 6.18. The van der Waals surface area contributed by atoms with E-state index in [-0.39, 0.29) is 12.5 Å². The van der Waals surface area contributed by atoms with E-state index in [1.165, 1.54) is 6.21 Å². The molecule has 132 valence electrons. The maximum absolute atomic E-state index is 11.7. The van der Waals surface area contributed by atoms with Gasteiger partial charge in [-0.05, 0) is 36.8 Å². The number of carbonyl (C=O) groups is 1. The number of amides is 1. The Morgan fingerprint density at radius 1 is 1.16 bits per heavy atom. The van der Waals surface area contributed by atoms with E-state index in [2.05, 4.69) is 10.5 Å². The number of nitrogens with one attached hydrogen (secondary N) is 1. The zero-order chi connectivity index (χ0) is 17.9. The Balaban J connectivity index is 1.84. The van der Waals surface area contributed by atoms with Crippen LogP contribution in [0.2, 0.25) is 0 Å². The SMILES string of the molecule is CCCOc1ccc(/C=N\OCC(=O)Nc2ccccc2)cc1OC. The second kappa shape index (κ2) is 9.97. The molecule has 0 aliphatic rings. The van der Waals surface area contributed by atoms with Gasteiger partial charge in [0.15, 0.2) is 18.1 Å². The Kier molecular flexibility index (Phi) is 7.31. The highest BCUT2D eigenvalue weighted by molar-refractivity contribution is 5.91. The maximum atomic E-state index is 11.7. The zero-order valence-electron chi connectivity index (χ0n) is 14.4. The predicted molar refractivity (Wildman–Crippen MR) is 97.4 cm³/mol. The number of hydrogen-bond acceptors (Lipinski definition) is 5. The second-order valence-electron chi connectivity index (χ2n) is 5.18. The molecule has 0 saturated carbocycles. The van der Waals surface area contributed by atoms with Gasteiger partial charge in [-0.1, -0.05) is 30.3 Å². The van der Waals surface area contributed by atoms with Crippen LogP contribution in [0.4, 0.5) is 5.69 Å². The molecule has 0 unspecified atom stereocenters. The molecule has 0 aromatic heterocycles. The number of benzene rings is 2. The van der Waals surface area contributed by atoms with Gasteiger partial charge in [-0.15, -0.1) is 0 Å². The summed E-state index contributed by atoms with van der Waals surface area (Å²) in [5.41, 5.74) is 1.50. The van der Waals surface area contributed by atoms with Gasteiger partial charge in [0.25, 0.3) is 5.91 Å². The normalized spacial score (nSPS) is 10.5. The standard InChI is InChI=1S/C19H22N2O4/c1-3-11-24-17-10-9-15(12-18(17)23-2)13-20-25-14-19(22)21-16-7-5-4-6-8-16/h4-10,12-13H,3,11,14H2,1-2H3,(H,21,22)/b20-13-. The fraction of sp³-hybridized carbons (Fsp3) is 0.263. The summed E-state index contributed by atoms with van der Waals surface area (Å²) in [6, 6.07) is 14.6. The number of para-hydroxylation sites is 1. The number of rotatable bonds is 9. The van der Waals surface area contributed by atoms with Crippen LogP contribution in [0.5, 0.6) is 11.5 Å². The van der Waals surface area contributed by atoms with Gasteiger partial charge in [-0.25, -0.2) is 0 Å². The summed E-state index contributed by atoms with van der Waals surface area (Å²) in [5, 5.41) is 6.52. The van der Waals surface area contributed by atoms with Crippen molar-refractivity contribution < 1.29 is 19.1 Å². The molecule has 0 spiro atoms. The molecular formula is C19H22N2O4. The Morgan fingerprint density at radius 2 is 1.96 bits per heavy atom. The minimum absolute atomic E-state index is 0.166. The van der Waals surface area contributed by atoms with Crippen LogP contribution in [-0.4, -0.2) is 32.4 Å². The van der Waals surface area contributed by atoms with E-state index >= 15 is 0 Å². The number of carbonyl (C=O) groups excluding carboxylic acids is 1. The molecule has 1 N–H and O–H groups in total. The smallest absolute Gasteiger partial charge is 0.265 e. The summed E-state index contributed by atoms with van der Waals surface area (Å²) < 4.78 is 10.9. The summed E-state index contributed by atoms with van der Waals surface area (Å²) in [6.07, 6.45) is 2.44. The quantitative estimate of drug-likeness (QED) is 0.559. The van der Waals surface area contributed by atoms with Gasteiger partial charge < -0.3 is 19.6 Å². The molecule has 25 heavy (non-hydrogen) atoms. The lowest BCUT2D eigenvalue weighted by atomic mass is 10.2. The molecular weight excluding hydrogens is 320 g/mol. The van der Waals surface area contributed by atoms with Gasteiger partial charge in [-0.3, -0.25) is 4.79 Å². The lowest BCUT2D eigenvalue weighted by Crippen LogP contribution is -2.16. The van der Waals surface area contributed by atoms with Crippen LogP contribution in [0.15, 0.2) is 53.7 Å². The Hall–Kier alpha value is -3.02. The number of methoxy groups -OCH3 is 1. The first-order chi connectivity index (χ1) is 12.2. The number of ether oxygens (including phenoxy) is 2. The second-order valence-corrected chi connectivity index (χ2v) is 5.18. The van der Waals surface area contributed by atoms with Crippen LogP contribution in [0.1, 0.15) is 18.9 Å². The van der Waals surface area contributed by atoms with E-state index in [1.54, 1.807) is 25.3 Å². The lowest BCUT2D eigenvalue weighted by Gasteiger charge is -2.10. The number of hydrogen-bond donors (Lipinski definition) is 1. The van der Waals surface area contributed by atoms with Crippen molar-refractivity contribution in [3.05, 3.63) is 54.1 Å². The Labute approximate surface area is 147 Å². The van der Waals surface area contributed by atoms with E-state index in [9.17, 15) is 4.79 Å². The Morgan fingerprint density at radius 3 is 2.68 bits per heavy atom. The highest BCUT2D eigenvalue weighted by atomic mass is 16.6. The predicted octanol–water partition coefficient (Wildman–Crippen LogP) is 3.47. The monoisotopic (exact) mass is 342 g/mol. The molecule has 0 saturated heterocycles. The van der Waals surface area contributed by atoms with Gasteiger partial charge in [0, 0.05) is 11.3 Å². The lowest BCUT2D eigenvalue weighted by molar-refractivity contribution is -0.120. The maximum Gasteiger partial charge on any atom is 0.265 e. The zero-order valence-corrected chi connectivity index (χ0v) is 14.4. The minimum atomic E-state index is -0.274. The molecule has 6 nitrogen and oxygen atoms in total. The molecule has 0 heterocycles. The van der Waals surface area contributed by atoms with Crippen LogP contribution in [-0.2, 0) is 9.63 Å². The van der Waals surface area contributed by atoms with Gasteiger partial charge in [0.2, 0.25) is 0 Å². The first kappa shape index (κ1) is 18.3. The van der Waals surface area contributed by atoms with Crippen molar-refractivity contribution in [1.82, 2.24) is 0 Å². The highest BCUT2D eigenvalue weighted by Gasteiger charge is 2.05. The highest BCUT2D eigenvalue weighted by Crippen LogP contribution is 2.27. The number of oxime groups is 1. The molecule has 1 amide bonds. The largest absolute Gasteiger partial charge is 0.493 e. The van der Waals surface area contributed by atoms with Crippen molar-refractivity contribution in [3.8, 4) is 11.5 Å². The van der Waals surface area contributed by atoms with Gasteiger partial charge in [0.05, 0.1) is 19.9 Å². The van der Waals surface area contributed by atoms with Gasteiger partial charge in [0.1, 0.15) is 0 Å². The average Bonchev–Trinajstić information content (AvgIpc) is 2.64. The summed E-state index contributed by atoms with van der Waals surface area (Å²) in [4.78, 5) is 16.7. The summed E-state index contributed by atoms with van der Waals surface area (Å²) >= 11 is 0. The molecule has 2 rings (SSSR count). The molecule has 2 aromatic carbocycles. The number of nitrogens with zero attached hydrogens (tertiary/aromatic N) is 1. The van der Waals surface area contributed by atoms with Crippen LogP contribution >= 0.6 is 0 Å². The molecule has 6 heteroatoms. The fourth-order valence-corrected chi connectivity index (χ4v) is 2.01. The van der Waals surface area contributed by atoms with Crippen LogP contribution < -0.4 is 14.8 Å². The van der Waals surface area contributed by atoms with Crippen molar-refractivity contribution in [2.24, 2.45) is 5.16 Å². The van der Waals surface area contributed by atoms with Crippen molar-refractivity contribution in [2.75, 3.05) is 25.6 Å². The van der Waals surface area contributed by atoms with E-state index in [0.717, 1.165) is 12.0 Å². The molecule has 2 aromatic rings. The van der Waals surface area contributed by atoms with Crippen molar-refractivity contribution in [1.29, 1.82) is 0 Å². The van der Waals surface area contributed by atoms with Crippen molar-refractivity contribution >= 4 is 17.8 Å². The summed E-state index contributed by atoms with van der Waals surface area (Å²) in [7, 11) is 1.58. The van der Waals surface area contributed by atoms with Crippen LogP contribution in [0.25, 0.3) is 0 Å². The third-order valence-corrected chi connectivity index (χ3v) is 3.18. The minimum Gasteiger partial charge on any atom is -0.493 e. The molecule has 0 atom stereocenters. The third-order valence-electron chi connectivity index (χ3n) is 3.18. The first-order valence-corrected chi connectivity index (χ1v) is 8.04. The van der Waals surface area contributed by atoms with E-state index < -0.39 is 0 Å². The topological polar surface area (TPSA) is 69.2 Å². The van der Waals surface area contributed by atoms with Gasteiger partial charge >= 0.3 is 0 Å². The van der Waals surface area contributed by atoms with Gasteiger partial charge in [-0.2, -0.15) is 0 Å².